The van der Waals surface area contributed by atoms with Gasteiger partial charge < -0.3 is 10.6 Å². The SMILES string of the molecule is CCC(CC#N)NC(=O)C1(C)CCCN1. The van der Waals surface area contributed by atoms with Crippen molar-refractivity contribution < 1.29 is 4.79 Å². The molecule has 0 aromatic heterocycles. The summed E-state index contributed by atoms with van der Waals surface area (Å²) >= 11 is 0. The second kappa shape index (κ2) is 5.13. The van der Waals surface area contributed by atoms with Gasteiger partial charge in [-0.3, -0.25) is 4.79 Å². The molecule has 0 aromatic carbocycles. The molecule has 2 atom stereocenters. The van der Waals surface area contributed by atoms with Crippen molar-refractivity contribution in [3.8, 4) is 6.07 Å². The molecule has 0 radical (unpaired) electrons. The number of amides is 1. The Kier molecular flexibility index (Phi) is 4.10. The largest absolute Gasteiger partial charge is 0.351 e. The minimum Gasteiger partial charge on any atom is -0.351 e. The van der Waals surface area contributed by atoms with Crippen LogP contribution in [0.1, 0.15) is 39.5 Å². The van der Waals surface area contributed by atoms with Crippen LogP contribution < -0.4 is 10.6 Å². The number of nitriles is 1. The predicted molar refractivity (Wildman–Crippen MR) is 58.1 cm³/mol. The van der Waals surface area contributed by atoms with Gasteiger partial charge in [-0.25, -0.2) is 0 Å². The van der Waals surface area contributed by atoms with Gasteiger partial charge in [-0.15, -0.1) is 0 Å². The summed E-state index contributed by atoms with van der Waals surface area (Å²) in [7, 11) is 0. The van der Waals surface area contributed by atoms with Gasteiger partial charge in [0.2, 0.25) is 5.91 Å². The van der Waals surface area contributed by atoms with Crippen LogP contribution in [0.2, 0.25) is 0 Å². The summed E-state index contributed by atoms with van der Waals surface area (Å²) in [4.78, 5) is 11.9. The third-order valence-electron chi connectivity index (χ3n) is 3.04. The van der Waals surface area contributed by atoms with Crippen LogP contribution in [0.4, 0.5) is 0 Å². The van der Waals surface area contributed by atoms with Crippen molar-refractivity contribution >= 4 is 5.91 Å². The molecule has 84 valence electrons. The van der Waals surface area contributed by atoms with Gasteiger partial charge in [-0.05, 0) is 32.7 Å². The number of rotatable bonds is 4. The van der Waals surface area contributed by atoms with Gasteiger partial charge in [-0.2, -0.15) is 5.26 Å². The molecule has 1 amide bonds. The fraction of sp³-hybridized carbons (Fsp3) is 0.818. The first-order chi connectivity index (χ1) is 7.12. The third-order valence-corrected chi connectivity index (χ3v) is 3.04. The second-order valence-electron chi connectivity index (χ2n) is 4.30. The van der Waals surface area contributed by atoms with Crippen molar-refractivity contribution in [2.45, 2.75) is 51.1 Å². The first-order valence-electron chi connectivity index (χ1n) is 5.55. The maximum absolute atomic E-state index is 11.9. The highest BCUT2D eigenvalue weighted by molar-refractivity contribution is 5.86. The Bertz CT molecular complexity index is 263. The molecular weight excluding hydrogens is 190 g/mol. The van der Waals surface area contributed by atoms with Crippen LogP contribution in [-0.2, 0) is 4.79 Å². The van der Waals surface area contributed by atoms with Gasteiger partial charge in [-0.1, -0.05) is 6.92 Å². The molecule has 1 fully saturated rings. The van der Waals surface area contributed by atoms with Gasteiger partial charge >= 0.3 is 0 Å². The fourth-order valence-corrected chi connectivity index (χ4v) is 1.84. The lowest BCUT2D eigenvalue weighted by molar-refractivity contribution is -0.127. The quantitative estimate of drug-likeness (QED) is 0.724. The first-order valence-corrected chi connectivity index (χ1v) is 5.55. The highest BCUT2D eigenvalue weighted by atomic mass is 16.2. The number of hydrogen-bond donors (Lipinski definition) is 2. The van der Waals surface area contributed by atoms with E-state index in [1.54, 1.807) is 0 Å². The van der Waals surface area contributed by atoms with E-state index in [1.165, 1.54) is 0 Å². The average Bonchev–Trinajstić information content (AvgIpc) is 2.65. The van der Waals surface area contributed by atoms with E-state index in [-0.39, 0.29) is 11.9 Å². The van der Waals surface area contributed by atoms with Crippen LogP contribution in [0.25, 0.3) is 0 Å². The Morgan fingerprint density at radius 3 is 2.93 bits per heavy atom. The lowest BCUT2D eigenvalue weighted by Gasteiger charge is -2.25. The Morgan fingerprint density at radius 1 is 1.73 bits per heavy atom. The minimum absolute atomic E-state index is 0.0123. The molecule has 2 N–H and O–H groups in total. The molecule has 0 spiro atoms. The number of hydrogen-bond acceptors (Lipinski definition) is 3. The smallest absolute Gasteiger partial charge is 0.240 e. The number of carbonyl (C=O) groups excluding carboxylic acids is 1. The number of carbonyl (C=O) groups is 1. The molecule has 1 aliphatic heterocycles. The Balaban J connectivity index is 2.50. The maximum atomic E-state index is 11.9. The van der Waals surface area contributed by atoms with Crippen molar-refractivity contribution in [2.24, 2.45) is 0 Å². The van der Waals surface area contributed by atoms with E-state index in [0.29, 0.717) is 6.42 Å². The number of nitrogens with zero attached hydrogens (tertiary/aromatic N) is 1. The molecule has 0 aromatic rings. The molecular formula is C11H19N3O. The van der Waals surface area contributed by atoms with E-state index in [4.69, 9.17) is 5.26 Å². The molecule has 1 rings (SSSR count). The lowest BCUT2D eigenvalue weighted by Crippen LogP contribution is -2.53. The van der Waals surface area contributed by atoms with Crippen molar-refractivity contribution in [1.82, 2.24) is 10.6 Å². The van der Waals surface area contributed by atoms with Crippen LogP contribution in [-0.4, -0.2) is 24.0 Å². The van der Waals surface area contributed by atoms with Crippen molar-refractivity contribution in [3.63, 3.8) is 0 Å². The third kappa shape index (κ3) is 2.93. The normalized spacial score (nSPS) is 27.0. The fourth-order valence-electron chi connectivity index (χ4n) is 1.84. The molecule has 1 saturated heterocycles. The first kappa shape index (κ1) is 12.0. The zero-order valence-corrected chi connectivity index (χ0v) is 9.47. The van der Waals surface area contributed by atoms with E-state index in [9.17, 15) is 4.79 Å². The van der Waals surface area contributed by atoms with Crippen molar-refractivity contribution in [2.75, 3.05) is 6.54 Å². The summed E-state index contributed by atoms with van der Waals surface area (Å²) in [5, 5.41) is 14.7. The maximum Gasteiger partial charge on any atom is 0.240 e. The monoisotopic (exact) mass is 209 g/mol. The van der Waals surface area contributed by atoms with E-state index < -0.39 is 5.54 Å². The molecule has 2 unspecified atom stereocenters. The Morgan fingerprint density at radius 2 is 2.47 bits per heavy atom. The molecule has 0 aliphatic carbocycles. The van der Waals surface area contributed by atoms with Crippen LogP contribution in [0, 0.1) is 11.3 Å². The van der Waals surface area contributed by atoms with Crippen LogP contribution in [0.5, 0.6) is 0 Å². The summed E-state index contributed by atoms with van der Waals surface area (Å²) in [6.45, 7) is 4.81. The zero-order chi connectivity index (χ0) is 11.3. The van der Waals surface area contributed by atoms with E-state index in [1.807, 2.05) is 13.8 Å². The molecule has 0 bridgehead atoms. The second-order valence-corrected chi connectivity index (χ2v) is 4.30. The highest BCUT2D eigenvalue weighted by Gasteiger charge is 2.36. The lowest BCUT2D eigenvalue weighted by atomic mass is 9.98. The molecule has 4 heteroatoms. The van der Waals surface area contributed by atoms with Crippen LogP contribution in [0.3, 0.4) is 0 Å². The Labute approximate surface area is 91.0 Å². The summed E-state index contributed by atoms with van der Waals surface area (Å²) in [5.41, 5.74) is -0.428. The standard InChI is InChI=1S/C11H19N3O/c1-3-9(5-7-12)14-10(15)11(2)6-4-8-13-11/h9,13H,3-6,8H2,1-2H3,(H,14,15). The topological polar surface area (TPSA) is 64.9 Å². The van der Waals surface area contributed by atoms with Gasteiger partial charge in [0.05, 0.1) is 18.0 Å². The van der Waals surface area contributed by atoms with Gasteiger partial charge in [0.1, 0.15) is 0 Å². The van der Waals surface area contributed by atoms with E-state index in [2.05, 4.69) is 16.7 Å². The predicted octanol–water partition coefficient (Wildman–Crippen LogP) is 0.937. The molecule has 1 heterocycles. The summed E-state index contributed by atoms with van der Waals surface area (Å²) in [6, 6.07) is 2.08. The summed E-state index contributed by atoms with van der Waals surface area (Å²) in [5.74, 6) is 0.0297. The van der Waals surface area contributed by atoms with E-state index in [0.717, 1.165) is 25.8 Å². The van der Waals surface area contributed by atoms with Gasteiger partial charge in [0, 0.05) is 6.04 Å². The highest BCUT2D eigenvalue weighted by Crippen LogP contribution is 2.18. The van der Waals surface area contributed by atoms with Crippen molar-refractivity contribution in [3.05, 3.63) is 0 Å². The average molecular weight is 209 g/mol. The zero-order valence-electron chi connectivity index (χ0n) is 9.47. The molecule has 1 aliphatic rings. The van der Waals surface area contributed by atoms with Gasteiger partial charge in [0.15, 0.2) is 0 Å². The molecule has 4 nitrogen and oxygen atoms in total. The van der Waals surface area contributed by atoms with Crippen LogP contribution >= 0.6 is 0 Å². The Hall–Kier alpha value is -1.08. The van der Waals surface area contributed by atoms with Crippen LogP contribution in [0.15, 0.2) is 0 Å². The molecule has 0 saturated carbocycles. The minimum atomic E-state index is -0.428. The summed E-state index contributed by atoms with van der Waals surface area (Å²) < 4.78 is 0. The van der Waals surface area contributed by atoms with Gasteiger partial charge in [0.25, 0.3) is 0 Å². The molecule has 15 heavy (non-hydrogen) atoms. The van der Waals surface area contributed by atoms with E-state index >= 15 is 0 Å². The number of nitrogens with one attached hydrogen (secondary N) is 2. The summed E-state index contributed by atoms with van der Waals surface area (Å²) in [6.07, 6.45) is 3.11. The van der Waals surface area contributed by atoms with Crippen molar-refractivity contribution in [1.29, 1.82) is 5.26 Å².